The average Bonchev–Trinajstić information content (AvgIpc) is 2.48. The number of anilines is 1. The van der Waals surface area contributed by atoms with Crippen LogP contribution in [0.3, 0.4) is 0 Å². The smallest absolute Gasteiger partial charge is 0.271 e. The van der Waals surface area contributed by atoms with Crippen LogP contribution in [-0.2, 0) is 9.59 Å². The van der Waals surface area contributed by atoms with E-state index >= 15 is 0 Å². The molecule has 1 aromatic rings. The number of allylic oxidation sites excluding steroid dienone is 2. The van der Waals surface area contributed by atoms with Gasteiger partial charge >= 0.3 is 0 Å². The number of rotatable bonds is 4. The molecule has 0 aromatic heterocycles. The molecular formula is C15H14ClN2O5-. The second kappa shape index (κ2) is 6.78. The van der Waals surface area contributed by atoms with Crippen LogP contribution in [0.4, 0.5) is 11.4 Å². The van der Waals surface area contributed by atoms with Crippen LogP contribution >= 0.6 is 11.6 Å². The van der Waals surface area contributed by atoms with Crippen LogP contribution in [0, 0.1) is 28.9 Å². The van der Waals surface area contributed by atoms with E-state index in [1.165, 1.54) is 18.2 Å². The van der Waals surface area contributed by atoms with Crippen LogP contribution in [0.1, 0.15) is 18.4 Å². The van der Waals surface area contributed by atoms with E-state index in [0.717, 1.165) is 0 Å². The SMILES string of the molecule is Cc1ccc([N+](=O)[O-])cc1NC(=O)[C@H]1CC(Cl)=CC[C@H]1C(=O)[O-]. The number of carboxylic acids is 1. The summed E-state index contributed by atoms with van der Waals surface area (Å²) in [5, 5.41) is 25.0. The summed E-state index contributed by atoms with van der Waals surface area (Å²) < 4.78 is 0. The van der Waals surface area contributed by atoms with Crippen molar-refractivity contribution < 1.29 is 19.6 Å². The Morgan fingerprint density at radius 3 is 2.65 bits per heavy atom. The van der Waals surface area contributed by atoms with Crippen LogP contribution in [0.25, 0.3) is 0 Å². The predicted molar refractivity (Wildman–Crippen MR) is 81.6 cm³/mol. The Bertz CT molecular complexity index is 701. The number of hydrogen-bond acceptors (Lipinski definition) is 5. The lowest BCUT2D eigenvalue weighted by atomic mass is 9.82. The first-order valence-electron chi connectivity index (χ1n) is 6.91. The van der Waals surface area contributed by atoms with E-state index in [1.807, 2.05) is 0 Å². The van der Waals surface area contributed by atoms with Crippen molar-refractivity contribution in [2.75, 3.05) is 5.32 Å². The van der Waals surface area contributed by atoms with Gasteiger partial charge in [-0.15, -0.1) is 0 Å². The van der Waals surface area contributed by atoms with Gasteiger partial charge < -0.3 is 15.2 Å². The molecule has 23 heavy (non-hydrogen) atoms. The molecule has 0 radical (unpaired) electrons. The number of carboxylic acid groups (broad SMARTS) is 1. The molecule has 0 saturated carbocycles. The lowest BCUT2D eigenvalue weighted by Crippen LogP contribution is -2.42. The lowest BCUT2D eigenvalue weighted by molar-refractivity contribution is -0.384. The van der Waals surface area contributed by atoms with Crippen LogP contribution in [0.5, 0.6) is 0 Å². The van der Waals surface area contributed by atoms with Gasteiger partial charge in [0.05, 0.1) is 16.5 Å². The fourth-order valence-corrected chi connectivity index (χ4v) is 2.73. The van der Waals surface area contributed by atoms with Gasteiger partial charge in [-0.05, 0) is 25.3 Å². The van der Waals surface area contributed by atoms with E-state index in [-0.39, 0.29) is 24.2 Å². The molecule has 1 amide bonds. The first-order valence-corrected chi connectivity index (χ1v) is 7.28. The quantitative estimate of drug-likeness (QED) is 0.664. The summed E-state index contributed by atoms with van der Waals surface area (Å²) in [6.07, 6.45) is 1.78. The molecule has 8 heteroatoms. The molecule has 0 spiro atoms. The number of nitro groups is 1. The van der Waals surface area contributed by atoms with Gasteiger partial charge in [-0.1, -0.05) is 23.7 Å². The maximum atomic E-state index is 12.4. The Morgan fingerprint density at radius 1 is 1.35 bits per heavy atom. The summed E-state index contributed by atoms with van der Waals surface area (Å²) in [4.78, 5) is 33.8. The fraction of sp³-hybridized carbons (Fsp3) is 0.333. The zero-order chi connectivity index (χ0) is 17.1. The first kappa shape index (κ1) is 17.0. The number of non-ortho nitro benzene ring substituents is 1. The third-order valence-electron chi connectivity index (χ3n) is 3.82. The number of nitrogens with one attached hydrogen (secondary N) is 1. The summed E-state index contributed by atoms with van der Waals surface area (Å²) in [6.45, 7) is 1.68. The van der Waals surface area contributed by atoms with Crippen molar-refractivity contribution in [2.24, 2.45) is 11.8 Å². The summed E-state index contributed by atoms with van der Waals surface area (Å²) in [5.74, 6) is -3.72. The molecule has 1 aromatic carbocycles. The van der Waals surface area contributed by atoms with Crippen LogP contribution < -0.4 is 10.4 Å². The van der Waals surface area contributed by atoms with Crippen molar-refractivity contribution in [3.8, 4) is 0 Å². The highest BCUT2D eigenvalue weighted by atomic mass is 35.5. The van der Waals surface area contributed by atoms with Gasteiger partial charge in [-0.25, -0.2) is 0 Å². The van der Waals surface area contributed by atoms with E-state index in [2.05, 4.69) is 5.32 Å². The zero-order valence-corrected chi connectivity index (χ0v) is 13.0. The van der Waals surface area contributed by atoms with E-state index < -0.39 is 28.6 Å². The van der Waals surface area contributed by atoms with Crippen molar-refractivity contribution in [1.29, 1.82) is 0 Å². The van der Waals surface area contributed by atoms with Crippen molar-refractivity contribution in [1.82, 2.24) is 0 Å². The largest absolute Gasteiger partial charge is 0.550 e. The van der Waals surface area contributed by atoms with Gasteiger partial charge in [0.1, 0.15) is 0 Å². The number of benzene rings is 1. The molecule has 0 bridgehead atoms. The zero-order valence-electron chi connectivity index (χ0n) is 12.2. The number of nitrogens with zero attached hydrogens (tertiary/aromatic N) is 1. The molecule has 7 nitrogen and oxygen atoms in total. The van der Waals surface area contributed by atoms with Crippen molar-refractivity contribution in [3.05, 3.63) is 45.0 Å². The second-order valence-corrected chi connectivity index (χ2v) is 5.85. The Morgan fingerprint density at radius 2 is 2.04 bits per heavy atom. The monoisotopic (exact) mass is 337 g/mol. The maximum absolute atomic E-state index is 12.4. The number of aliphatic carboxylic acids is 1. The molecule has 2 atom stereocenters. The first-order chi connectivity index (χ1) is 10.8. The molecular weight excluding hydrogens is 324 g/mol. The summed E-state index contributed by atoms with van der Waals surface area (Å²) in [7, 11) is 0. The van der Waals surface area contributed by atoms with E-state index in [0.29, 0.717) is 10.6 Å². The Labute approximate surface area is 137 Å². The van der Waals surface area contributed by atoms with Gasteiger partial charge in [-0.3, -0.25) is 14.9 Å². The minimum Gasteiger partial charge on any atom is -0.550 e. The Hall–Kier alpha value is -2.41. The fourth-order valence-electron chi connectivity index (χ4n) is 2.47. The molecule has 122 valence electrons. The Balaban J connectivity index is 2.24. The van der Waals surface area contributed by atoms with Crippen LogP contribution in [0.2, 0.25) is 0 Å². The number of carbonyl (C=O) groups excluding carboxylic acids is 2. The number of nitro benzene ring substituents is 1. The normalized spacial score (nSPS) is 20.5. The van der Waals surface area contributed by atoms with Crippen LogP contribution in [-0.4, -0.2) is 16.8 Å². The van der Waals surface area contributed by atoms with Gasteiger partial charge in [0.2, 0.25) is 5.91 Å². The van der Waals surface area contributed by atoms with Gasteiger partial charge in [0.25, 0.3) is 5.69 Å². The predicted octanol–water partition coefficient (Wildman–Crippen LogP) is 1.74. The minimum absolute atomic E-state index is 0.0972. The van der Waals surface area contributed by atoms with Gasteiger partial charge in [0, 0.05) is 29.1 Å². The molecule has 1 aliphatic carbocycles. The molecule has 0 fully saturated rings. The van der Waals surface area contributed by atoms with Gasteiger partial charge in [-0.2, -0.15) is 0 Å². The standard InChI is InChI=1S/C15H15ClN2O5/c1-8-2-4-10(18(22)23)7-13(8)17-14(19)12-6-9(16)3-5-11(12)15(20)21/h2-4,7,11-12H,5-6H2,1H3,(H,17,19)(H,20,21)/p-1/t11-,12+/m1/s1. The molecule has 0 heterocycles. The molecule has 2 rings (SSSR count). The highest BCUT2D eigenvalue weighted by molar-refractivity contribution is 6.29. The van der Waals surface area contributed by atoms with Crippen molar-refractivity contribution >= 4 is 34.9 Å². The third kappa shape index (κ3) is 3.87. The number of carbonyl (C=O) groups is 2. The topological polar surface area (TPSA) is 112 Å². The molecule has 1 N–H and O–H groups in total. The lowest BCUT2D eigenvalue weighted by Gasteiger charge is -2.29. The number of hydrogen-bond donors (Lipinski definition) is 1. The van der Waals surface area contributed by atoms with Gasteiger partial charge in [0.15, 0.2) is 0 Å². The number of aryl methyl sites for hydroxylation is 1. The third-order valence-corrected chi connectivity index (χ3v) is 4.13. The Kier molecular flexibility index (Phi) is 5.00. The summed E-state index contributed by atoms with van der Waals surface area (Å²) in [6, 6.07) is 4.08. The number of halogens is 1. The number of amides is 1. The van der Waals surface area contributed by atoms with E-state index in [4.69, 9.17) is 11.6 Å². The summed E-state index contributed by atoms with van der Waals surface area (Å²) >= 11 is 5.90. The van der Waals surface area contributed by atoms with E-state index in [1.54, 1.807) is 13.0 Å². The minimum atomic E-state index is -1.32. The average molecular weight is 338 g/mol. The van der Waals surface area contributed by atoms with Crippen molar-refractivity contribution in [2.45, 2.75) is 19.8 Å². The molecule has 0 aliphatic heterocycles. The summed E-state index contributed by atoms with van der Waals surface area (Å²) in [5.41, 5.74) is 0.738. The van der Waals surface area contributed by atoms with Crippen molar-refractivity contribution in [3.63, 3.8) is 0 Å². The van der Waals surface area contributed by atoms with E-state index in [9.17, 15) is 24.8 Å². The second-order valence-electron chi connectivity index (χ2n) is 5.37. The molecule has 1 aliphatic rings. The molecule has 0 unspecified atom stereocenters. The highest BCUT2D eigenvalue weighted by Crippen LogP contribution is 2.33. The highest BCUT2D eigenvalue weighted by Gasteiger charge is 2.32. The molecule has 0 saturated heterocycles. The maximum Gasteiger partial charge on any atom is 0.271 e. The van der Waals surface area contributed by atoms with Crippen LogP contribution in [0.15, 0.2) is 29.3 Å².